The van der Waals surface area contributed by atoms with Crippen molar-refractivity contribution in [3.8, 4) is 0 Å². The van der Waals surface area contributed by atoms with Gasteiger partial charge < -0.3 is 19.8 Å². The van der Waals surface area contributed by atoms with Crippen molar-refractivity contribution in [3.63, 3.8) is 0 Å². The van der Waals surface area contributed by atoms with E-state index in [9.17, 15) is 0 Å². The van der Waals surface area contributed by atoms with E-state index in [1.807, 2.05) is 0 Å². The average molecular weight is 942 g/mol. The smallest absolute Gasteiger partial charge is 0.550 e. The van der Waals surface area contributed by atoms with E-state index in [-0.39, 0.29) is 36.3 Å². The number of carboxylic acids is 2. The topological polar surface area (TPSA) is 80.3 Å². The van der Waals surface area contributed by atoms with Gasteiger partial charge in [-0.15, -0.1) is 0 Å². The van der Waals surface area contributed by atoms with Crippen LogP contribution in [-0.2, 0) is 30.0 Å². The zero-order valence-electron chi connectivity index (χ0n) is 38.0. The summed E-state index contributed by atoms with van der Waals surface area (Å²) in [7, 11) is 0.571. The Bertz CT molecular complexity index is 1130. The Morgan fingerprint density at radius 3 is 0.644 bits per heavy atom. The predicted molar refractivity (Wildman–Crippen MR) is 238 cm³/mol. The van der Waals surface area contributed by atoms with Crippen LogP contribution in [0.5, 0.6) is 0 Å². The molecule has 0 aromatic rings. The fourth-order valence-electron chi connectivity index (χ4n) is 20.2. The molecule has 59 heavy (non-hydrogen) atoms. The third kappa shape index (κ3) is 9.45. The van der Waals surface area contributed by atoms with Crippen molar-refractivity contribution >= 4 is 27.8 Å². The summed E-state index contributed by atoms with van der Waals surface area (Å²) in [6, 6.07) is 0. The molecule has 0 N–H and O–H groups in total. The number of hydrogen-bond acceptors (Lipinski definition) is 4. The van der Waals surface area contributed by atoms with Crippen molar-refractivity contribution in [3.05, 3.63) is 0 Å². The van der Waals surface area contributed by atoms with E-state index in [1.54, 1.807) is 179 Å². The number of carbonyl (C=O) groups is 2. The number of aliphatic carboxylic acids is 2. The van der Waals surface area contributed by atoms with Crippen molar-refractivity contribution in [2.24, 2.45) is 71.0 Å². The molecule has 16 aliphatic rings. The van der Waals surface area contributed by atoms with Crippen molar-refractivity contribution in [2.45, 2.75) is 228 Å². The second kappa shape index (κ2) is 18.4. The van der Waals surface area contributed by atoms with E-state index in [2.05, 4.69) is 13.8 Å². The maximum absolute atomic E-state index is 8.89. The maximum atomic E-state index is 8.89. The van der Waals surface area contributed by atoms with Crippen LogP contribution >= 0.6 is 15.8 Å². The summed E-state index contributed by atoms with van der Waals surface area (Å²) in [6.07, 6.45) is 49.2. The van der Waals surface area contributed by atoms with Crippen molar-refractivity contribution < 1.29 is 40.2 Å². The first-order chi connectivity index (χ1) is 27.8. The van der Waals surface area contributed by atoms with Crippen LogP contribution in [0.25, 0.3) is 0 Å². The van der Waals surface area contributed by atoms with E-state index < -0.39 is 11.9 Å². The molecule has 336 valence electrons. The third-order valence-electron chi connectivity index (χ3n) is 19.8. The van der Waals surface area contributed by atoms with Crippen LogP contribution in [0.3, 0.4) is 0 Å². The largest absolute Gasteiger partial charge is 2.00 e. The van der Waals surface area contributed by atoms with E-state index >= 15 is 0 Å². The van der Waals surface area contributed by atoms with Gasteiger partial charge in [0.1, 0.15) is 0 Å². The van der Waals surface area contributed by atoms with Gasteiger partial charge in [0.25, 0.3) is 0 Å². The maximum Gasteiger partial charge on any atom is 2.00 e. The molecule has 0 aromatic heterocycles. The first-order valence-electron chi connectivity index (χ1n) is 25.7. The second-order valence-corrected chi connectivity index (χ2v) is 31.0. The number of hydrogen-bond donors (Lipinski definition) is 0. The normalized spacial score (nSPS) is 48.7. The van der Waals surface area contributed by atoms with Gasteiger partial charge in [0.15, 0.2) is 0 Å². The Balaban J connectivity index is 0.000000137. The van der Waals surface area contributed by atoms with Gasteiger partial charge in [0.05, 0.1) is 0 Å². The molecule has 16 rings (SSSR count). The Morgan fingerprint density at radius 1 is 0.390 bits per heavy atom. The van der Waals surface area contributed by atoms with Crippen LogP contribution in [0.2, 0.25) is 0 Å². The van der Waals surface area contributed by atoms with Gasteiger partial charge in [-0.05, 0) is 285 Å². The zero-order chi connectivity index (χ0) is 40.5. The van der Waals surface area contributed by atoms with E-state index in [0.717, 1.165) is 105 Å². The van der Waals surface area contributed by atoms with E-state index in [4.69, 9.17) is 19.8 Å². The molecule has 16 aliphatic carbocycles. The van der Waals surface area contributed by atoms with Crippen LogP contribution in [0.4, 0.5) is 0 Å². The minimum Gasteiger partial charge on any atom is -0.550 e. The van der Waals surface area contributed by atoms with Crippen molar-refractivity contribution in [1.82, 2.24) is 0 Å². The molecule has 0 spiro atoms. The van der Waals surface area contributed by atoms with Gasteiger partial charge in [-0.25, -0.2) is 0 Å². The Hall–Kier alpha value is 0.462. The Kier molecular flexibility index (Phi) is 14.3. The molecule has 4 nitrogen and oxygen atoms in total. The molecule has 0 saturated heterocycles. The number of rotatable bonds is 10. The zero-order valence-corrected chi connectivity index (χ0v) is 41.3. The van der Waals surface area contributed by atoms with Gasteiger partial charge in [-0.2, -0.15) is 0 Å². The Labute approximate surface area is 377 Å². The van der Waals surface area contributed by atoms with E-state index in [0.29, 0.717) is 0 Å². The SMILES string of the molecule is CC(=O)[O-].CC(=O)[O-].CCCCP(C12CC3CC(CC(C3)C1)C2)C12CC3CC(CC(C3)C1)C2.CCCCP(C12CC3CC(CC(C3)C1)C2)C12CC3CC(CC(C3)C1)C2.[Pd+2]. The molecule has 16 saturated carbocycles. The molecule has 16 bridgehead atoms. The second-order valence-electron chi connectivity index (χ2n) is 24.6. The molecule has 0 unspecified atom stereocenters. The van der Waals surface area contributed by atoms with Crippen LogP contribution in [0.1, 0.15) is 207 Å². The summed E-state index contributed by atoms with van der Waals surface area (Å²) in [5.74, 6) is 11.7. The van der Waals surface area contributed by atoms with E-state index in [1.165, 1.54) is 12.8 Å². The van der Waals surface area contributed by atoms with Gasteiger partial charge in [-0.1, -0.05) is 42.5 Å². The molecular formula is C52H84O4P2Pd. The fraction of sp³-hybridized carbons (Fsp3) is 0.962. The monoisotopic (exact) mass is 940 g/mol. The minimum absolute atomic E-state index is 0. The van der Waals surface area contributed by atoms with Gasteiger partial charge in [0.2, 0.25) is 0 Å². The number of carbonyl (C=O) groups excluding carboxylic acids is 2. The summed E-state index contributed by atoms with van der Waals surface area (Å²) in [4.78, 5) is 17.8. The summed E-state index contributed by atoms with van der Waals surface area (Å²) in [5, 5.41) is 21.3. The molecule has 16 fully saturated rings. The average Bonchev–Trinajstić information content (AvgIpc) is 3.09. The third-order valence-corrected chi connectivity index (χ3v) is 28.1. The minimum atomic E-state index is -1.08. The van der Waals surface area contributed by atoms with Gasteiger partial charge in [0, 0.05) is 11.9 Å². The van der Waals surface area contributed by atoms with Crippen LogP contribution in [-0.4, -0.2) is 44.9 Å². The number of carboxylic acid groups (broad SMARTS) is 2. The molecule has 0 heterocycles. The molecule has 0 amide bonds. The Morgan fingerprint density at radius 2 is 0.525 bits per heavy atom. The molecule has 0 radical (unpaired) electrons. The molecule has 0 aliphatic heterocycles. The molecule has 7 heteroatoms. The van der Waals surface area contributed by atoms with Crippen molar-refractivity contribution in [1.29, 1.82) is 0 Å². The first-order valence-corrected chi connectivity index (χ1v) is 28.8. The van der Waals surface area contributed by atoms with Crippen molar-refractivity contribution in [2.75, 3.05) is 12.3 Å². The summed E-state index contributed by atoms with van der Waals surface area (Å²) in [5.41, 5.74) is 0. The fourth-order valence-corrected chi connectivity index (χ4v) is 31.1. The van der Waals surface area contributed by atoms with Crippen LogP contribution in [0.15, 0.2) is 0 Å². The van der Waals surface area contributed by atoms with Gasteiger partial charge >= 0.3 is 20.4 Å². The standard InChI is InChI=1S/2C24H39P.2C2H4O2.Pd/c2*1-2-3-4-25(23-11-17-5-18(12-23)7-19(6-17)13-23)24-14-20-8-21(15-24)10-22(9-20)16-24;2*1-2(3)4;/h2*17-22H,2-16H2,1H3;2*1H3,(H,3,4);/q;;;;+2/p-2. The van der Waals surface area contributed by atoms with Crippen LogP contribution < -0.4 is 10.2 Å². The van der Waals surface area contributed by atoms with Crippen LogP contribution in [0, 0.1) is 71.0 Å². The molecular weight excluding hydrogens is 857 g/mol. The predicted octanol–water partition coefficient (Wildman–Crippen LogP) is 11.9. The molecule has 0 aromatic carbocycles. The summed E-state index contributed by atoms with van der Waals surface area (Å²) >= 11 is 0. The molecule has 0 atom stereocenters. The summed E-state index contributed by atoms with van der Waals surface area (Å²) in [6.45, 7) is 6.85. The number of unbranched alkanes of at least 4 members (excludes halogenated alkanes) is 2. The quantitative estimate of drug-likeness (QED) is 0.161. The van der Waals surface area contributed by atoms with Gasteiger partial charge in [-0.3, -0.25) is 0 Å². The summed E-state index contributed by atoms with van der Waals surface area (Å²) < 4.78 is 0. The first kappa shape index (κ1) is 46.0.